The van der Waals surface area contributed by atoms with E-state index in [0.29, 0.717) is 18.2 Å². The van der Waals surface area contributed by atoms with Crippen molar-refractivity contribution in [3.63, 3.8) is 0 Å². The summed E-state index contributed by atoms with van der Waals surface area (Å²) >= 11 is 0. The number of aromatic nitrogens is 3. The third-order valence-corrected chi connectivity index (χ3v) is 3.17. The molecule has 0 spiro atoms. The molecule has 0 bridgehead atoms. The van der Waals surface area contributed by atoms with Gasteiger partial charge in [-0.15, -0.1) is 0 Å². The number of hydrogen-bond acceptors (Lipinski definition) is 5. The number of esters is 1. The normalized spacial score (nSPS) is 12.2. The molecule has 0 fully saturated rings. The van der Waals surface area contributed by atoms with Gasteiger partial charge in [0.05, 0.1) is 12.6 Å². The minimum Gasteiger partial charge on any atom is -0.461 e. The molecule has 0 saturated carbocycles. The zero-order valence-electron chi connectivity index (χ0n) is 11.8. The summed E-state index contributed by atoms with van der Waals surface area (Å²) in [6.07, 6.45) is 3.45. The van der Waals surface area contributed by atoms with Gasteiger partial charge in [0.15, 0.2) is 5.69 Å². The molecular formula is C14H18N4O2. The molecule has 0 aliphatic heterocycles. The van der Waals surface area contributed by atoms with Gasteiger partial charge in [0.25, 0.3) is 0 Å². The maximum absolute atomic E-state index is 11.8. The summed E-state index contributed by atoms with van der Waals surface area (Å²) in [7, 11) is 0. The number of rotatable bonds is 4. The van der Waals surface area contributed by atoms with Gasteiger partial charge in [0.1, 0.15) is 11.6 Å². The highest BCUT2D eigenvalue weighted by atomic mass is 16.5. The van der Waals surface area contributed by atoms with Crippen LogP contribution in [0.15, 0.2) is 24.5 Å². The average molecular weight is 274 g/mol. The molecule has 2 N–H and O–H groups in total. The Balaban J connectivity index is 2.40. The lowest BCUT2D eigenvalue weighted by molar-refractivity contribution is 0.0521. The smallest absolute Gasteiger partial charge is 0.360 e. The number of anilines is 1. The Hall–Kier alpha value is -2.37. The second kappa shape index (κ2) is 5.73. The average Bonchev–Trinajstić information content (AvgIpc) is 2.75. The molecule has 1 unspecified atom stereocenters. The molecule has 106 valence electrons. The molecule has 2 aromatic heterocycles. The van der Waals surface area contributed by atoms with Crippen LogP contribution in [-0.2, 0) is 4.74 Å². The summed E-state index contributed by atoms with van der Waals surface area (Å²) in [5, 5.41) is 0. The minimum atomic E-state index is -0.492. The van der Waals surface area contributed by atoms with E-state index in [1.165, 1.54) is 0 Å². The number of nitrogen functional groups attached to an aromatic ring is 1. The summed E-state index contributed by atoms with van der Waals surface area (Å²) in [6, 6.07) is 3.79. The van der Waals surface area contributed by atoms with Gasteiger partial charge in [0.2, 0.25) is 0 Å². The van der Waals surface area contributed by atoms with Crippen molar-refractivity contribution in [2.24, 2.45) is 0 Å². The van der Waals surface area contributed by atoms with E-state index in [-0.39, 0.29) is 11.7 Å². The van der Waals surface area contributed by atoms with Crippen molar-refractivity contribution >= 4 is 11.8 Å². The number of aryl methyl sites for hydroxylation is 1. The van der Waals surface area contributed by atoms with E-state index in [2.05, 4.69) is 9.97 Å². The number of nitrogens with zero attached hydrogens (tertiary/aromatic N) is 3. The van der Waals surface area contributed by atoms with Gasteiger partial charge in [-0.3, -0.25) is 4.98 Å². The number of carbonyl (C=O) groups is 1. The fourth-order valence-electron chi connectivity index (χ4n) is 2.19. The highest BCUT2D eigenvalue weighted by molar-refractivity contribution is 5.92. The van der Waals surface area contributed by atoms with Gasteiger partial charge >= 0.3 is 5.97 Å². The zero-order valence-corrected chi connectivity index (χ0v) is 11.8. The third-order valence-electron chi connectivity index (χ3n) is 3.17. The fraction of sp³-hybridized carbons (Fsp3) is 0.357. The lowest BCUT2D eigenvalue weighted by atomic mass is 10.1. The van der Waals surface area contributed by atoms with Crippen molar-refractivity contribution < 1.29 is 9.53 Å². The van der Waals surface area contributed by atoms with Crippen molar-refractivity contribution in [2.45, 2.75) is 26.8 Å². The predicted octanol–water partition coefficient (Wildman–Crippen LogP) is 1.95. The third kappa shape index (κ3) is 2.49. The molecule has 0 amide bonds. The molecule has 0 aliphatic rings. The van der Waals surface area contributed by atoms with Crippen molar-refractivity contribution in [2.75, 3.05) is 12.3 Å². The topological polar surface area (TPSA) is 83.0 Å². The van der Waals surface area contributed by atoms with Crippen LogP contribution in [0.25, 0.3) is 0 Å². The summed E-state index contributed by atoms with van der Waals surface area (Å²) in [4.78, 5) is 20.0. The van der Waals surface area contributed by atoms with E-state index in [4.69, 9.17) is 10.5 Å². The van der Waals surface area contributed by atoms with Crippen LogP contribution in [0.3, 0.4) is 0 Å². The summed E-state index contributed by atoms with van der Waals surface area (Å²) < 4.78 is 6.78. The second-order valence-electron chi connectivity index (χ2n) is 4.44. The summed E-state index contributed by atoms with van der Waals surface area (Å²) in [5.74, 6) is 0.508. The van der Waals surface area contributed by atoms with E-state index in [0.717, 1.165) is 5.56 Å². The fourth-order valence-corrected chi connectivity index (χ4v) is 2.19. The molecule has 6 nitrogen and oxygen atoms in total. The van der Waals surface area contributed by atoms with Crippen LogP contribution in [0, 0.1) is 6.92 Å². The SMILES string of the molecule is CCOC(=O)c1nc(C)n(C(C)c2ccncc2)c1N. The summed E-state index contributed by atoms with van der Waals surface area (Å²) in [6.45, 7) is 5.85. The summed E-state index contributed by atoms with van der Waals surface area (Å²) in [5.41, 5.74) is 7.27. The number of ether oxygens (including phenoxy) is 1. The van der Waals surface area contributed by atoms with Crippen LogP contribution in [0.4, 0.5) is 5.82 Å². The van der Waals surface area contributed by atoms with Crippen LogP contribution >= 0.6 is 0 Å². The van der Waals surface area contributed by atoms with Crippen LogP contribution in [0.2, 0.25) is 0 Å². The Bertz CT molecular complexity index is 607. The van der Waals surface area contributed by atoms with E-state index >= 15 is 0 Å². The Morgan fingerprint density at radius 3 is 2.70 bits per heavy atom. The van der Waals surface area contributed by atoms with Crippen LogP contribution in [0.5, 0.6) is 0 Å². The van der Waals surface area contributed by atoms with Gasteiger partial charge in [-0.2, -0.15) is 0 Å². The van der Waals surface area contributed by atoms with E-state index in [1.54, 1.807) is 19.3 Å². The highest BCUT2D eigenvalue weighted by Gasteiger charge is 2.22. The molecule has 1 atom stereocenters. The van der Waals surface area contributed by atoms with Gasteiger partial charge in [-0.1, -0.05) is 0 Å². The molecule has 0 aliphatic carbocycles. The quantitative estimate of drug-likeness (QED) is 0.862. The number of hydrogen-bond donors (Lipinski definition) is 1. The van der Waals surface area contributed by atoms with E-state index < -0.39 is 5.97 Å². The Morgan fingerprint density at radius 1 is 1.45 bits per heavy atom. The molecular weight excluding hydrogens is 256 g/mol. The first-order chi connectivity index (χ1) is 9.56. The zero-order chi connectivity index (χ0) is 14.7. The molecule has 2 aromatic rings. The highest BCUT2D eigenvalue weighted by Crippen LogP contribution is 2.25. The lowest BCUT2D eigenvalue weighted by Gasteiger charge is -2.17. The van der Waals surface area contributed by atoms with Gasteiger partial charge < -0.3 is 15.0 Å². The first-order valence-electron chi connectivity index (χ1n) is 6.47. The van der Waals surface area contributed by atoms with E-state index in [1.807, 2.05) is 30.5 Å². The maximum atomic E-state index is 11.8. The van der Waals surface area contributed by atoms with Crippen LogP contribution in [0.1, 0.15) is 41.8 Å². The van der Waals surface area contributed by atoms with Crippen molar-refractivity contribution in [3.05, 3.63) is 41.6 Å². The minimum absolute atomic E-state index is 0.0336. The first-order valence-corrected chi connectivity index (χ1v) is 6.47. The first kappa shape index (κ1) is 14.0. The predicted molar refractivity (Wildman–Crippen MR) is 75.4 cm³/mol. The standard InChI is InChI=1S/C14H18N4O2/c1-4-20-14(19)12-13(15)18(10(3)17-12)9(2)11-5-7-16-8-6-11/h5-9H,4,15H2,1-3H3. The molecule has 2 rings (SSSR count). The van der Waals surface area contributed by atoms with Crippen molar-refractivity contribution in [1.29, 1.82) is 0 Å². The largest absolute Gasteiger partial charge is 0.461 e. The Morgan fingerprint density at radius 2 is 2.10 bits per heavy atom. The van der Waals surface area contributed by atoms with Crippen molar-refractivity contribution in [3.8, 4) is 0 Å². The molecule has 2 heterocycles. The molecule has 0 radical (unpaired) electrons. The van der Waals surface area contributed by atoms with Gasteiger partial charge in [-0.05, 0) is 38.5 Å². The van der Waals surface area contributed by atoms with Gasteiger partial charge in [0, 0.05) is 12.4 Å². The van der Waals surface area contributed by atoms with Crippen LogP contribution < -0.4 is 5.73 Å². The second-order valence-corrected chi connectivity index (χ2v) is 4.44. The van der Waals surface area contributed by atoms with Crippen molar-refractivity contribution in [1.82, 2.24) is 14.5 Å². The number of imidazole rings is 1. The van der Waals surface area contributed by atoms with Crippen LogP contribution in [-0.4, -0.2) is 27.1 Å². The molecule has 0 aromatic carbocycles. The Kier molecular flexibility index (Phi) is 4.02. The molecule has 0 saturated heterocycles. The lowest BCUT2D eigenvalue weighted by Crippen LogP contribution is -2.13. The van der Waals surface area contributed by atoms with E-state index in [9.17, 15) is 4.79 Å². The number of pyridine rings is 1. The molecule has 6 heteroatoms. The Labute approximate surface area is 117 Å². The maximum Gasteiger partial charge on any atom is 0.360 e. The molecule has 20 heavy (non-hydrogen) atoms. The number of nitrogens with two attached hydrogens (primary N) is 1. The monoisotopic (exact) mass is 274 g/mol. The van der Waals surface area contributed by atoms with Gasteiger partial charge in [-0.25, -0.2) is 9.78 Å². The number of carbonyl (C=O) groups excluding carboxylic acids is 1.